The lowest BCUT2D eigenvalue weighted by Gasteiger charge is -2.15. The van der Waals surface area contributed by atoms with Crippen molar-refractivity contribution < 1.29 is 0 Å². The fourth-order valence-electron chi connectivity index (χ4n) is 1.87. The molecule has 1 rings (SSSR count). The van der Waals surface area contributed by atoms with Crippen LogP contribution < -0.4 is 11.3 Å². The minimum atomic E-state index is 0.388. The maximum absolute atomic E-state index is 5.57. The molecule has 1 aromatic rings. The van der Waals surface area contributed by atoms with Crippen LogP contribution >= 0.6 is 0 Å². The SMILES string of the molecule is CCCCCCC(Cc1ccncc1)NN. The lowest BCUT2D eigenvalue weighted by atomic mass is 10.0. The number of pyridine rings is 1. The van der Waals surface area contributed by atoms with Gasteiger partial charge in [0.2, 0.25) is 0 Å². The molecule has 0 amide bonds. The third kappa shape index (κ3) is 5.24. The minimum absolute atomic E-state index is 0.388. The zero-order valence-electron chi connectivity index (χ0n) is 10.2. The Kier molecular flexibility index (Phi) is 6.77. The van der Waals surface area contributed by atoms with Crippen LogP contribution in [0.2, 0.25) is 0 Å². The Balaban J connectivity index is 2.26. The molecule has 0 saturated heterocycles. The number of unbranched alkanes of at least 4 members (excludes halogenated alkanes) is 3. The van der Waals surface area contributed by atoms with Gasteiger partial charge in [-0.1, -0.05) is 32.6 Å². The number of aromatic nitrogens is 1. The van der Waals surface area contributed by atoms with E-state index in [9.17, 15) is 0 Å². The zero-order chi connectivity index (χ0) is 11.6. The Morgan fingerprint density at radius 2 is 2.00 bits per heavy atom. The number of nitrogens with zero attached hydrogens (tertiary/aromatic N) is 1. The van der Waals surface area contributed by atoms with E-state index < -0.39 is 0 Å². The topological polar surface area (TPSA) is 50.9 Å². The molecule has 3 heteroatoms. The number of hydrogen-bond donors (Lipinski definition) is 2. The fraction of sp³-hybridized carbons (Fsp3) is 0.615. The summed E-state index contributed by atoms with van der Waals surface area (Å²) < 4.78 is 0. The van der Waals surface area contributed by atoms with Gasteiger partial charge in [-0.2, -0.15) is 0 Å². The van der Waals surface area contributed by atoms with Crippen molar-refractivity contribution in [3.8, 4) is 0 Å². The van der Waals surface area contributed by atoms with E-state index in [0.717, 1.165) is 12.8 Å². The number of nitrogens with one attached hydrogen (secondary N) is 1. The molecule has 1 unspecified atom stereocenters. The van der Waals surface area contributed by atoms with E-state index >= 15 is 0 Å². The van der Waals surface area contributed by atoms with Crippen LogP contribution in [0.25, 0.3) is 0 Å². The van der Waals surface area contributed by atoms with E-state index in [4.69, 9.17) is 5.84 Å². The van der Waals surface area contributed by atoms with Crippen LogP contribution in [-0.4, -0.2) is 11.0 Å². The summed E-state index contributed by atoms with van der Waals surface area (Å²) in [4.78, 5) is 4.01. The highest BCUT2D eigenvalue weighted by molar-refractivity contribution is 5.11. The fourth-order valence-corrected chi connectivity index (χ4v) is 1.87. The van der Waals surface area contributed by atoms with Crippen molar-refractivity contribution >= 4 is 0 Å². The van der Waals surface area contributed by atoms with Gasteiger partial charge in [0.1, 0.15) is 0 Å². The maximum atomic E-state index is 5.57. The molecule has 0 radical (unpaired) electrons. The highest BCUT2D eigenvalue weighted by Crippen LogP contribution is 2.09. The normalized spacial score (nSPS) is 12.6. The van der Waals surface area contributed by atoms with Crippen molar-refractivity contribution in [1.29, 1.82) is 0 Å². The first-order valence-corrected chi connectivity index (χ1v) is 6.21. The number of nitrogens with two attached hydrogens (primary N) is 1. The van der Waals surface area contributed by atoms with Gasteiger partial charge in [-0.15, -0.1) is 0 Å². The molecule has 0 spiro atoms. The van der Waals surface area contributed by atoms with E-state index in [2.05, 4.69) is 29.5 Å². The third-order valence-corrected chi connectivity index (χ3v) is 2.87. The van der Waals surface area contributed by atoms with E-state index in [-0.39, 0.29) is 0 Å². The van der Waals surface area contributed by atoms with Crippen molar-refractivity contribution in [1.82, 2.24) is 10.4 Å². The minimum Gasteiger partial charge on any atom is -0.271 e. The average Bonchev–Trinajstić information content (AvgIpc) is 2.34. The molecule has 0 fully saturated rings. The Morgan fingerprint density at radius 1 is 1.25 bits per heavy atom. The van der Waals surface area contributed by atoms with Crippen molar-refractivity contribution in [2.45, 2.75) is 51.5 Å². The van der Waals surface area contributed by atoms with Gasteiger partial charge in [0.25, 0.3) is 0 Å². The van der Waals surface area contributed by atoms with Gasteiger partial charge in [-0.05, 0) is 30.5 Å². The van der Waals surface area contributed by atoms with E-state index in [1.54, 1.807) is 0 Å². The quantitative estimate of drug-likeness (QED) is 0.403. The Labute approximate surface area is 98.4 Å². The predicted molar refractivity (Wildman–Crippen MR) is 67.8 cm³/mol. The van der Waals surface area contributed by atoms with Crippen LogP contribution in [0.1, 0.15) is 44.6 Å². The molecule has 16 heavy (non-hydrogen) atoms. The first kappa shape index (κ1) is 13.1. The van der Waals surface area contributed by atoms with Gasteiger partial charge in [-0.25, -0.2) is 0 Å². The van der Waals surface area contributed by atoms with Gasteiger partial charge in [0.05, 0.1) is 0 Å². The van der Waals surface area contributed by atoms with Crippen LogP contribution in [0.15, 0.2) is 24.5 Å². The smallest absolute Gasteiger partial charge is 0.0270 e. The largest absolute Gasteiger partial charge is 0.271 e. The Morgan fingerprint density at radius 3 is 2.62 bits per heavy atom. The van der Waals surface area contributed by atoms with Gasteiger partial charge in [0.15, 0.2) is 0 Å². The molecule has 0 aliphatic heterocycles. The van der Waals surface area contributed by atoms with Crippen LogP contribution in [0.5, 0.6) is 0 Å². The first-order valence-electron chi connectivity index (χ1n) is 6.21. The van der Waals surface area contributed by atoms with Crippen LogP contribution in [0, 0.1) is 0 Å². The molecular weight excluding hydrogens is 198 g/mol. The van der Waals surface area contributed by atoms with Crippen LogP contribution in [0.4, 0.5) is 0 Å². The van der Waals surface area contributed by atoms with Crippen molar-refractivity contribution in [3.63, 3.8) is 0 Å². The summed E-state index contributed by atoms with van der Waals surface area (Å²) in [5.41, 5.74) is 4.21. The zero-order valence-corrected chi connectivity index (χ0v) is 10.2. The van der Waals surface area contributed by atoms with Gasteiger partial charge in [-0.3, -0.25) is 16.3 Å². The van der Waals surface area contributed by atoms with Gasteiger partial charge < -0.3 is 0 Å². The number of hydrogen-bond acceptors (Lipinski definition) is 3. The first-order chi connectivity index (χ1) is 7.86. The summed E-state index contributed by atoms with van der Waals surface area (Å²) in [5, 5.41) is 0. The summed E-state index contributed by atoms with van der Waals surface area (Å²) in [7, 11) is 0. The molecule has 1 aromatic heterocycles. The molecule has 1 heterocycles. The highest BCUT2D eigenvalue weighted by Gasteiger charge is 2.06. The van der Waals surface area contributed by atoms with Crippen molar-refractivity contribution in [2.75, 3.05) is 0 Å². The molecular formula is C13H23N3. The second-order valence-electron chi connectivity index (χ2n) is 4.27. The van der Waals surface area contributed by atoms with Crippen LogP contribution in [-0.2, 0) is 6.42 Å². The maximum Gasteiger partial charge on any atom is 0.0270 e. The molecule has 1 atom stereocenters. The average molecular weight is 221 g/mol. The molecule has 0 aliphatic carbocycles. The van der Waals surface area contributed by atoms with Gasteiger partial charge >= 0.3 is 0 Å². The summed E-state index contributed by atoms with van der Waals surface area (Å²) in [6.45, 7) is 2.23. The summed E-state index contributed by atoms with van der Waals surface area (Å²) in [6.07, 6.45) is 11.0. The molecule has 0 bridgehead atoms. The highest BCUT2D eigenvalue weighted by atomic mass is 15.2. The van der Waals surface area contributed by atoms with E-state index in [0.29, 0.717) is 6.04 Å². The standard InChI is InChI=1S/C13H23N3/c1-2-3-4-5-6-13(16-14)11-12-7-9-15-10-8-12/h7-10,13,16H,2-6,11,14H2,1H3. The third-order valence-electron chi connectivity index (χ3n) is 2.87. The summed E-state index contributed by atoms with van der Waals surface area (Å²) in [5.74, 6) is 5.57. The molecule has 3 N–H and O–H groups in total. The number of rotatable bonds is 8. The molecule has 3 nitrogen and oxygen atoms in total. The van der Waals surface area contributed by atoms with E-state index in [1.165, 1.54) is 31.2 Å². The predicted octanol–water partition coefficient (Wildman–Crippen LogP) is 2.43. The lowest BCUT2D eigenvalue weighted by Crippen LogP contribution is -2.36. The molecule has 90 valence electrons. The molecule has 0 aliphatic rings. The monoisotopic (exact) mass is 221 g/mol. The second-order valence-corrected chi connectivity index (χ2v) is 4.27. The van der Waals surface area contributed by atoms with E-state index in [1.807, 2.05) is 12.4 Å². The molecule has 0 saturated carbocycles. The van der Waals surface area contributed by atoms with Gasteiger partial charge in [0, 0.05) is 18.4 Å². The van der Waals surface area contributed by atoms with Crippen molar-refractivity contribution in [3.05, 3.63) is 30.1 Å². The Hall–Kier alpha value is -0.930. The lowest BCUT2D eigenvalue weighted by molar-refractivity contribution is 0.463. The number of hydrazine groups is 1. The van der Waals surface area contributed by atoms with Crippen LogP contribution in [0.3, 0.4) is 0 Å². The summed E-state index contributed by atoms with van der Waals surface area (Å²) >= 11 is 0. The summed E-state index contributed by atoms with van der Waals surface area (Å²) in [6, 6.07) is 4.49. The Bertz CT molecular complexity index is 261. The molecule has 0 aromatic carbocycles. The van der Waals surface area contributed by atoms with Crippen molar-refractivity contribution in [2.24, 2.45) is 5.84 Å². The second kappa shape index (κ2) is 8.25.